The summed E-state index contributed by atoms with van der Waals surface area (Å²) in [6.45, 7) is -0.108. The van der Waals surface area contributed by atoms with Crippen molar-refractivity contribution in [3.05, 3.63) is 65.2 Å². The predicted octanol–water partition coefficient (Wildman–Crippen LogP) is 2.73. The number of rotatable bonds is 8. The van der Waals surface area contributed by atoms with Crippen molar-refractivity contribution in [2.75, 3.05) is 20.3 Å². The van der Waals surface area contributed by atoms with Gasteiger partial charge in [-0.15, -0.1) is 0 Å². The van der Waals surface area contributed by atoms with Crippen LogP contribution in [-0.2, 0) is 22.2 Å². The first kappa shape index (κ1) is 21.2. The van der Waals surface area contributed by atoms with Crippen LogP contribution in [0.5, 0.6) is 5.75 Å². The Hall–Kier alpha value is -3.07. The normalized spacial score (nSPS) is 11.0. The van der Waals surface area contributed by atoms with Crippen LogP contribution in [0, 0.1) is 0 Å². The Kier molecular flexibility index (Phi) is 7.39. The number of benzene rings is 2. The molecule has 0 fully saturated rings. The second-order valence-corrected chi connectivity index (χ2v) is 5.75. The SMILES string of the molecule is COc1ccc(CCNC(=O)CONC(=O)c2cccc(C(F)(F)F)c2)cc1. The smallest absolute Gasteiger partial charge is 0.416 e. The van der Waals surface area contributed by atoms with E-state index < -0.39 is 30.2 Å². The summed E-state index contributed by atoms with van der Waals surface area (Å²) in [5, 5.41) is 2.61. The Morgan fingerprint density at radius 2 is 1.79 bits per heavy atom. The number of carbonyl (C=O) groups is 2. The number of carbonyl (C=O) groups excluding carboxylic acids is 2. The van der Waals surface area contributed by atoms with Crippen molar-refractivity contribution >= 4 is 11.8 Å². The van der Waals surface area contributed by atoms with Gasteiger partial charge in [0.25, 0.3) is 5.91 Å². The molecule has 2 amide bonds. The minimum Gasteiger partial charge on any atom is -0.497 e. The molecule has 0 atom stereocenters. The Labute approximate surface area is 159 Å². The molecule has 0 aliphatic carbocycles. The van der Waals surface area contributed by atoms with E-state index >= 15 is 0 Å². The fourth-order valence-corrected chi connectivity index (χ4v) is 2.25. The minimum absolute atomic E-state index is 0.227. The third kappa shape index (κ3) is 6.58. The maximum atomic E-state index is 12.6. The molecule has 0 saturated carbocycles. The Bertz CT molecular complexity index is 808. The van der Waals surface area contributed by atoms with Gasteiger partial charge in [-0.2, -0.15) is 13.2 Å². The third-order valence-corrected chi connectivity index (χ3v) is 3.72. The number of amides is 2. The minimum atomic E-state index is -4.55. The molecule has 0 spiro atoms. The highest BCUT2D eigenvalue weighted by atomic mass is 19.4. The van der Waals surface area contributed by atoms with E-state index in [2.05, 4.69) is 5.32 Å². The van der Waals surface area contributed by atoms with Gasteiger partial charge in [0.15, 0.2) is 6.61 Å². The fourth-order valence-electron chi connectivity index (χ4n) is 2.25. The molecule has 0 heterocycles. The molecule has 6 nitrogen and oxygen atoms in total. The fraction of sp³-hybridized carbons (Fsp3) is 0.263. The van der Waals surface area contributed by atoms with E-state index in [0.29, 0.717) is 19.0 Å². The van der Waals surface area contributed by atoms with Crippen molar-refractivity contribution in [2.45, 2.75) is 12.6 Å². The second kappa shape index (κ2) is 9.75. The van der Waals surface area contributed by atoms with E-state index in [0.717, 1.165) is 23.4 Å². The molecule has 28 heavy (non-hydrogen) atoms. The molecule has 0 radical (unpaired) electrons. The van der Waals surface area contributed by atoms with Gasteiger partial charge in [-0.25, -0.2) is 5.48 Å². The van der Waals surface area contributed by atoms with Crippen LogP contribution in [0.3, 0.4) is 0 Å². The second-order valence-electron chi connectivity index (χ2n) is 5.75. The Morgan fingerprint density at radius 1 is 1.07 bits per heavy atom. The summed E-state index contributed by atoms with van der Waals surface area (Å²) in [7, 11) is 1.57. The van der Waals surface area contributed by atoms with Crippen molar-refractivity contribution in [3.63, 3.8) is 0 Å². The number of methoxy groups -OCH3 is 1. The van der Waals surface area contributed by atoms with Crippen molar-refractivity contribution in [3.8, 4) is 5.75 Å². The number of hydrogen-bond acceptors (Lipinski definition) is 4. The molecular formula is C19H19F3N2O4. The average Bonchev–Trinajstić information content (AvgIpc) is 2.68. The van der Waals surface area contributed by atoms with Crippen LogP contribution in [0.25, 0.3) is 0 Å². The molecule has 2 N–H and O–H groups in total. The van der Waals surface area contributed by atoms with E-state index in [-0.39, 0.29) is 5.56 Å². The number of hydroxylamine groups is 1. The van der Waals surface area contributed by atoms with Crippen LogP contribution >= 0.6 is 0 Å². The van der Waals surface area contributed by atoms with E-state index in [4.69, 9.17) is 9.57 Å². The lowest BCUT2D eigenvalue weighted by Gasteiger charge is -2.10. The lowest BCUT2D eigenvalue weighted by atomic mass is 10.1. The van der Waals surface area contributed by atoms with Crippen LogP contribution in [0.2, 0.25) is 0 Å². The van der Waals surface area contributed by atoms with Crippen molar-refractivity contribution in [1.82, 2.24) is 10.8 Å². The summed E-state index contributed by atoms with van der Waals surface area (Å²) in [6.07, 6.45) is -3.97. The van der Waals surface area contributed by atoms with E-state index in [9.17, 15) is 22.8 Å². The maximum absolute atomic E-state index is 12.6. The molecule has 150 valence electrons. The number of hydrogen-bond donors (Lipinski definition) is 2. The molecule has 0 unspecified atom stereocenters. The Balaban J connectivity index is 1.70. The lowest BCUT2D eigenvalue weighted by Crippen LogP contribution is -2.34. The predicted molar refractivity (Wildman–Crippen MR) is 94.6 cm³/mol. The standard InChI is InChI=1S/C19H19F3N2O4/c1-27-16-7-5-13(6-8-16)9-10-23-17(25)12-28-24-18(26)14-3-2-4-15(11-14)19(20,21)22/h2-8,11H,9-10,12H2,1H3,(H,23,25)(H,24,26). The summed E-state index contributed by atoms with van der Waals surface area (Å²) >= 11 is 0. The number of alkyl halides is 3. The summed E-state index contributed by atoms with van der Waals surface area (Å²) in [5.41, 5.74) is 1.77. The molecule has 0 saturated heterocycles. The Morgan fingerprint density at radius 3 is 2.43 bits per heavy atom. The molecule has 2 rings (SSSR count). The molecular weight excluding hydrogens is 377 g/mol. The highest BCUT2D eigenvalue weighted by Crippen LogP contribution is 2.29. The largest absolute Gasteiger partial charge is 0.497 e. The van der Waals surface area contributed by atoms with Gasteiger partial charge in [0.05, 0.1) is 12.7 Å². The summed E-state index contributed by atoms with van der Waals surface area (Å²) in [5.74, 6) is -0.618. The summed E-state index contributed by atoms with van der Waals surface area (Å²) in [4.78, 5) is 28.3. The summed E-state index contributed by atoms with van der Waals surface area (Å²) < 4.78 is 43.0. The van der Waals surface area contributed by atoms with Gasteiger partial charge in [-0.3, -0.25) is 14.4 Å². The van der Waals surface area contributed by atoms with Crippen LogP contribution in [-0.4, -0.2) is 32.1 Å². The van der Waals surface area contributed by atoms with Gasteiger partial charge < -0.3 is 10.1 Å². The zero-order chi connectivity index (χ0) is 20.6. The topological polar surface area (TPSA) is 76.7 Å². The first-order valence-electron chi connectivity index (χ1n) is 8.28. The zero-order valence-corrected chi connectivity index (χ0v) is 15.0. The molecule has 0 aliphatic heterocycles. The first-order valence-corrected chi connectivity index (χ1v) is 8.28. The van der Waals surface area contributed by atoms with Gasteiger partial charge in [0.1, 0.15) is 5.75 Å². The first-order chi connectivity index (χ1) is 13.3. The van der Waals surface area contributed by atoms with Crippen molar-refractivity contribution in [2.24, 2.45) is 0 Å². The highest BCUT2D eigenvalue weighted by molar-refractivity contribution is 5.93. The van der Waals surface area contributed by atoms with Gasteiger partial charge in [0.2, 0.25) is 5.91 Å². The van der Waals surface area contributed by atoms with Crippen LogP contribution in [0.1, 0.15) is 21.5 Å². The van der Waals surface area contributed by atoms with Gasteiger partial charge in [-0.05, 0) is 42.3 Å². The number of nitrogens with one attached hydrogen (secondary N) is 2. The maximum Gasteiger partial charge on any atom is 0.416 e. The molecule has 0 bridgehead atoms. The highest BCUT2D eigenvalue weighted by Gasteiger charge is 2.30. The summed E-state index contributed by atoms with van der Waals surface area (Å²) in [6, 6.07) is 11.2. The van der Waals surface area contributed by atoms with Crippen molar-refractivity contribution in [1.29, 1.82) is 0 Å². The monoisotopic (exact) mass is 396 g/mol. The van der Waals surface area contributed by atoms with E-state index in [1.54, 1.807) is 7.11 Å². The zero-order valence-electron chi connectivity index (χ0n) is 15.0. The van der Waals surface area contributed by atoms with Crippen LogP contribution in [0.15, 0.2) is 48.5 Å². The average molecular weight is 396 g/mol. The van der Waals surface area contributed by atoms with E-state index in [1.165, 1.54) is 6.07 Å². The van der Waals surface area contributed by atoms with Crippen LogP contribution < -0.4 is 15.5 Å². The van der Waals surface area contributed by atoms with Gasteiger partial charge in [-0.1, -0.05) is 18.2 Å². The molecule has 0 aliphatic rings. The van der Waals surface area contributed by atoms with Crippen LogP contribution in [0.4, 0.5) is 13.2 Å². The lowest BCUT2D eigenvalue weighted by molar-refractivity contribution is -0.137. The quantitative estimate of drug-likeness (QED) is 0.673. The van der Waals surface area contributed by atoms with Gasteiger partial charge in [0, 0.05) is 12.1 Å². The molecule has 0 aromatic heterocycles. The van der Waals surface area contributed by atoms with Gasteiger partial charge >= 0.3 is 6.18 Å². The molecule has 9 heteroatoms. The number of ether oxygens (including phenoxy) is 1. The third-order valence-electron chi connectivity index (χ3n) is 3.72. The molecule has 2 aromatic carbocycles. The number of halogens is 3. The molecule has 2 aromatic rings. The van der Waals surface area contributed by atoms with E-state index in [1.807, 2.05) is 29.7 Å². The van der Waals surface area contributed by atoms with Crippen molar-refractivity contribution < 1.29 is 32.3 Å².